The van der Waals surface area contributed by atoms with Crippen molar-refractivity contribution in [3.05, 3.63) is 40.8 Å². The Morgan fingerprint density at radius 2 is 2.25 bits per heavy atom. The maximum absolute atomic E-state index is 13.8. The first-order valence-electron chi connectivity index (χ1n) is 6.11. The van der Waals surface area contributed by atoms with Crippen LogP contribution in [0.5, 0.6) is 0 Å². The first kappa shape index (κ1) is 13.5. The number of benzene rings is 1. The van der Waals surface area contributed by atoms with Crippen LogP contribution in [0.15, 0.2) is 29.2 Å². The third kappa shape index (κ3) is 2.66. The van der Waals surface area contributed by atoms with Gasteiger partial charge in [0, 0.05) is 16.7 Å². The number of rotatable bonds is 2. The molecule has 0 amide bonds. The number of hydrogen-bond donors (Lipinski definition) is 2. The Kier molecular flexibility index (Phi) is 3.67. The molecule has 0 unspecified atom stereocenters. The fourth-order valence-electron chi connectivity index (χ4n) is 2.22. The van der Waals surface area contributed by atoms with Crippen molar-refractivity contribution in [2.45, 2.75) is 17.4 Å². The SMILES string of the molecule is Nc1nc(Cl)cc(N[C@H]2CCSc3c(F)cccc32)n1. The van der Waals surface area contributed by atoms with Gasteiger partial charge in [-0.25, -0.2) is 9.37 Å². The zero-order valence-corrected chi connectivity index (χ0v) is 12.0. The predicted molar refractivity (Wildman–Crippen MR) is 79.6 cm³/mol. The zero-order chi connectivity index (χ0) is 14.1. The molecule has 0 spiro atoms. The Morgan fingerprint density at radius 1 is 1.40 bits per heavy atom. The van der Waals surface area contributed by atoms with Gasteiger partial charge in [-0.1, -0.05) is 23.7 Å². The lowest BCUT2D eigenvalue weighted by molar-refractivity contribution is 0.584. The molecule has 0 bridgehead atoms. The fourth-order valence-corrected chi connectivity index (χ4v) is 3.55. The maximum Gasteiger partial charge on any atom is 0.223 e. The molecule has 0 saturated heterocycles. The number of hydrogen-bond acceptors (Lipinski definition) is 5. The molecule has 20 heavy (non-hydrogen) atoms. The summed E-state index contributed by atoms with van der Waals surface area (Å²) in [5.41, 5.74) is 6.51. The van der Waals surface area contributed by atoms with Gasteiger partial charge < -0.3 is 11.1 Å². The predicted octanol–water partition coefficient (Wildman–Crippen LogP) is 3.50. The number of fused-ring (bicyclic) bond motifs is 1. The van der Waals surface area contributed by atoms with Gasteiger partial charge in [0.15, 0.2) is 0 Å². The van der Waals surface area contributed by atoms with E-state index in [-0.39, 0.29) is 23.0 Å². The van der Waals surface area contributed by atoms with E-state index in [0.29, 0.717) is 10.7 Å². The molecule has 0 radical (unpaired) electrons. The number of halogens is 2. The second-order valence-corrected chi connectivity index (χ2v) is 5.92. The third-order valence-electron chi connectivity index (χ3n) is 3.06. The largest absolute Gasteiger partial charge is 0.368 e. The lowest BCUT2D eigenvalue weighted by Crippen LogP contribution is -2.18. The summed E-state index contributed by atoms with van der Waals surface area (Å²) in [5, 5.41) is 3.53. The fraction of sp³-hybridized carbons (Fsp3) is 0.231. The summed E-state index contributed by atoms with van der Waals surface area (Å²) in [6.45, 7) is 0. The maximum atomic E-state index is 13.8. The Balaban J connectivity index is 1.91. The molecule has 3 N–H and O–H groups in total. The van der Waals surface area contributed by atoms with Crippen LogP contribution in [0.3, 0.4) is 0 Å². The molecule has 7 heteroatoms. The average Bonchev–Trinajstić information content (AvgIpc) is 2.39. The van der Waals surface area contributed by atoms with Crippen molar-refractivity contribution in [2.24, 2.45) is 0 Å². The number of nitrogens with zero attached hydrogens (tertiary/aromatic N) is 2. The van der Waals surface area contributed by atoms with Crippen molar-refractivity contribution >= 4 is 35.1 Å². The summed E-state index contributed by atoms with van der Waals surface area (Å²) in [6, 6.07) is 6.73. The van der Waals surface area contributed by atoms with Gasteiger partial charge in [0.2, 0.25) is 5.95 Å². The topological polar surface area (TPSA) is 63.8 Å². The smallest absolute Gasteiger partial charge is 0.223 e. The Morgan fingerprint density at radius 3 is 3.05 bits per heavy atom. The molecule has 104 valence electrons. The van der Waals surface area contributed by atoms with Crippen LogP contribution < -0.4 is 11.1 Å². The van der Waals surface area contributed by atoms with Crippen molar-refractivity contribution in [3.63, 3.8) is 0 Å². The summed E-state index contributed by atoms with van der Waals surface area (Å²) < 4.78 is 13.8. The normalized spacial score (nSPS) is 17.6. The van der Waals surface area contributed by atoms with Crippen LogP contribution >= 0.6 is 23.4 Å². The standard InChI is InChI=1S/C13H12ClFN4S/c14-10-6-11(19-13(16)18-10)17-9-4-5-20-12-7(9)2-1-3-8(12)15/h1-3,6,9H,4-5H2,(H3,16,17,18,19)/t9-/m0/s1. The van der Waals surface area contributed by atoms with E-state index in [1.165, 1.54) is 17.8 Å². The highest BCUT2D eigenvalue weighted by Gasteiger charge is 2.23. The second-order valence-electron chi connectivity index (χ2n) is 4.43. The average molecular weight is 311 g/mol. The van der Waals surface area contributed by atoms with E-state index in [4.69, 9.17) is 17.3 Å². The Bertz CT molecular complexity index is 632. The molecular weight excluding hydrogens is 299 g/mol. The lowest BCUT2D eigenvalue weighted by atomic mass is 10.0. The highest BCUT2D eigenvalue weighted by molar-refractivity contribution is 7.99. The minimum Gasteiger partial charge on any atom is -0.368 e. The van der Waals surface area contributed by atoms with Gasteiger partial charge >= 0.3 is 0 Å². The summed E-state index contributed by atoms with van der Waals surface area (Å²) in [7, 11) is 0. The second kappa shape index (κ2) is 5.46. The van der Waals surface area contributed by atoms with E-state index in [1.54, 1.807) is 12.1 Å². The van der Waals surface area contributed by atoms with Crippen molar-refractivity contribution in [1.82, 2.24) is 9.97 Å². The molecule has 1 aliphatic rings. The molecule has 0 aliphatic carbocycles. The molecule has 3 rings (SSSR count). The number of nitrogens with two attached hydrogens (primary N) is 1. The van der Waals surface area contributed by atoms with Crippen LogP contribution in [0.2, 0.25) is 5.15 Å². The van der Waals surface area contributed by atoms with Gasteiger partial charge in [0.25, 0.3) is 0 Å². The lowest BCUT2D eigenvalue weighted by Gasteiger charge is -2.26. The highest BCUT2D eigenvalue weighted by atomic mass is 35.5. The van der Waals surface area contributed by atoms with Crippen LogP contribution in [0.1, 0.15) is 18.0 Å². The molecular formula is C13H12ClFN4S. The minimum atomic E-state index is -0.181. The van der Waals surface area contributed by atoms with Crippen LogP contribution in [0.25, 0.3) is 0 Å². The van der Waals surface area contributed by atoms with Crippen molar-refractivity contribution in [2.75, 3.05) is 16.8 Å². The number of thioether (sulfide) groups is 1. The van der Waals surface area contributed by atoms with Gasteiger partial charge in [0.1, 0.15) is 16.8 Å². The first-order valence-corrected chi connectivity index (χ1v) is 7.47. The summed E-state index contributed by atoms with van der Waals surface area (Å²) in [5.74, 6) is 1.33. The van der Waals surface area contributed by atoms with Crippen LogP contribution in [-0.4, -0.2) is 15.7 Å². The van der Waals surface area contributed by atoms with Gasteiger partial charge in [-0.3, -0.25) is 0 Å². The number of anilines is 2. The number of nitrogen functional groups attached to an aromatic ring is 1. The molecule has 1 aromatic carbocycles. The van der Waals surface area contributed by atoms with Crippen molar-refractivity contribution < 1.29 is 4.39 Å². The Hall–Kier alpha value is -1.53. The van der Waals surface area contributed by atoms with E-state index >= 15 is 0 Å². The molecule has 1 atom stereocenters. The molecule has 2 aromatic rings. The molecule has 1 aromatic heterocycles. The van der Waals surface area contributed by atoms with Gasteiger partial charge in [-0.05, 0) is 18.1 Å². The molecule has 0 fully saturated rings. The van der Waals surface area contributed by atoms with E-state index < -0.39 is 0 Å². The molecule has 2 heterocycles. The number of nitrogens with one attached hydrogen (secondary N) is 1. The summed E-state index contributed by atoms with van der Waals surface area (Å²) in [4.78, 5) is 8.61. The summed E-state index contributed by atoms with van der Waals surface area (Å²) >= 11 is 7.40. The van der Waals surface area contributed by atoms with E-state index in [2.05, 4.69) is 15.3 Å². The zero-order valence-electron chi connectivity index (χ0n) is 10.4. The van der Waals surface area contributed by atoms with Gasteiger partial charge in [0.05, 0.1) is 6.04 Å². The molecule has 1 aliphatic heterocycles. The quantitative estimate of drug-likeness (QED) is 0.831. The Labute approximate surface area is 124 Å². The molecule has 4 nitrogen and oxygen atoms in total. The van der Waals surface area contributed by atoms with Crippen LogP contribution in [0, 0.1) is 5.82 Å². The van der Waals surface area contributed by atoms with E-state index in [0.717, 1.165) is 17.7 Å². The van der Waals surface area contributed by atoms with E-state index in [9.17, 15) is 4.39 Å². The highest BCUT2D eigenvalue weighted by Crippen LogP contribution is 2.39. The monoisotopic (exact) mass is 310 g/mol. The third-order valence-corrected chi connectivity index (χ3v) is 4.41. The first-order chi connectivity index (χ1) is 9.63. The van der Waals surface area contributed by atoms with Gasteiger partial charge in [-0.2, -0.15) is 4.98 Å². The van der Waals surface area contributed by atoms with Crippen LogP contribution in [0.4, 0.5) is 16.2 Å². The number of aromatic nitrogens is 2. The van der Waals surface area contributed by atoms with Crippen LogP contribution in [-0.2, 0) is 0 Å². The van der Waals surface area contributed by atoms with Crippen molar-refractivity contribution in [1.29, 1.82) is 0 Å². The van der Waals surface area contributed by atoms with E-state index in [1.807, 2.05) is 6.07 Å². The summed E-state index contributed by atoms with van der Waals surface area (Å²) in [6.07, 6.45) is 0.878. The molecule has 0 saturated carbocycles. The van der Waals surface area contributed by atoms with Crippen molar-refractivity contribution in [3.8, 4) is 0 Å². The van der Waals surface area contributed by atoms with Gasteiger partial charge in [-0.15, -0.1) is 11.8 Å². The minimum absolute atomic E-state index is 0.00711.